The molecule has 1 aliphatic carbocycles. The number of halogens is 1. The van der Waals surface area contributed by atoms with E-state index in [0.29, 0.717) is 24.4 Å². The number of amides is 2. The first-order valence-electron chi connectivity index (χ1n) is 11.9. The maximum Gasteiger partial charge on any atom is 0.289 e. The lowest BCUT2D eigenvalue weighted by Gasteiger charge is -2.35. The second kappa shape index (κ2) is 10.1. The summed E-state index contributed by atoms with van der Waals surface area (Å²) in [5.74, 6) is 0.808. The van der Waals surface area contributed by atoms with Crippen molar-refractivity contribution >= 4 is 39.1 Å². The number of carbonyl (C=O) groups is 2. The van der Waals surface area contributed by atoms with Gasteiger partial charge in [-0.05, 0) is 56.2 Å². The Labute approximate surface area is 212 Å². The summed E-state index contributed by atoms with van der Waals surface area (Å²) < 4.78 is 7.00. The number of furan rings is 1. The van der Waals surface area contributed by atoms with Gasteiger partial charge in [-0.2, -0.15) is 5.10 Å². The van der Waals surface area contributed by atoms with Crippen molar-refractivity contribution in [3.8, 4) is 0 Å². The van der Waals surface area contributed by atoms with Crippen LogP contribution in [0.2, 0.25) is 0 Å². The Bertz CT molecular complexity index is 1260. The number of nitrogens with zero attached hydrogens (tertiary/aromatic N) is 3. The van der Waals surface area contributed by atoms with Gasteiger partial charge in [-0.15, -0.1) is 0 Å². The highest BCUT2D eigenvalue weighted by molar-refractivity contribution is 9.10. The molecule has 2 aliphatic rings. The van der Waals surface area contributed by atoms with Gasteiger partial charge in [0.05, 0.1) is 5.71 Å². The maximum atomic E-state index is 13.4. The smallest absolute Gasteiger partial charge is 0.289 e. The minimum atomic E-state index is -0.272. The Hall–Kier alpha value is -3.39. The molecule has 1 aromatic heterocycles. The monoisotopic (exact) mass is 534 g/mol. The minimum Gasteiger partial charge on any atom is -0.455 e. The van der Waals surface area contributed by atoms with Crippen LogP contribution >= 0.6 is 15.9 Å². The molecule has 8 heteroatoms. The van der Waals surface area contributed by atoms with E-state index in [1.54, 1.807) is 12.1 Å². The Balaban J connectivity index is 1.30. The van der Waals surface area contributed by atoms with E-state index >= 15 is 0 Å². The first-order valence-corrected chi connectivity index (χ1v) is 12.6. The van der Waals surface area contributed by atoms with Gasteiger partial charge in [-0.1, -0.05) is 34.1 Å². The molecule has 35 heavy (non-hydrogen) atoms. The van der Waals surface area contributed by atoms with Crippen molar-refractivity contribution in [2.45, 2.75) is 26.2 Å². The molecular weight excluding hydrogens is 508 g/mol. The Morgan fingerprint density at radius 1 is 0.971 bits per heavy atom. The number of anilines is 1. The average molecular weight is 535 g/mol. The van der Waals surface area contributed by atoms with Crippen molar-refractivity contribution < 1.29 is 14.0 Å². The minimum absolute atomic E-state index is 0.0807. The van der Waals surface area contributed by atoms with Crippen molar-refractivity contribution in [2.24, 2.45) is 5.10 Å². The molecule has 2 amide bonds. The normalized spacial score (nSPS) is 16.8. The Morgan fingerprint density at radius 3 is 2.40 bits per heavy atom. The summed E-state index contributed by atoms with van der Waals surface area (Å²) in [5, 5.41) is 4.43. The molecule has 0 radical (unpaired) electrons. The summed E-state index contributed by atoms with van der Waals surface area (Å²) >= 11 is 3.38. The molecule has 2 heterocycles. The van der Waals surface area contributed by atoms with Gasteiger partial charge >= 0.3 is 0 Å². The van der Waals surface area contributed by atoms with E-state index in [0.717, 1.165) is 59.4 Å². The van der Waals surface area contributed by atoms with Gasteiger partial charge in [0, 0.05) is 59.5 Å². The molecule has 0 unspecified atom stereocenters. The molecule has 0 bridgehead atoms. The molecule has 0 spiro atoms. The van der Waals surface area contributed by atoms with E-state index in [1.807, 2.05) is 42.2 Å². The lowest BCUT2D eigenvalue weighted by Crippen LogP contribution is -2.48. The van der Waals surface area contributed by atoms with Crippen LogP contribution in [-0.2, 0) is 6.42 Å². The van der Waals surface area contributed by atoms with E-state index in [4.69, 9.17) is 4.42 Å². The van der Waals surface area contributed by atoms with Crippen LogP contribution in [0.4, 0.5) is 5.69 Å². The average Bonchev–Trinajstić information content (AvgIpc) is 3.24. The largest absolute Gasteiger partial charge is 0.455 e. The third kappa shape index (κ3) is 4.89. The summed E-state index contributed by atoms with van der Waals surface area (Å²) in [5.41, 5.74) is 6.79. The van der Waals surface area contributed by atoms with E-state index in [9.17, 15) is 9.59 Å². The summed E-state index contributed by atoms with van der Waals surface area (Å²) in [4.78, 5) is 30.0. The van der Waals surface area contributed by atoms with Gasteiger partial charge in [0.1, 0.15) is 5.76 Å². The zero-order valence-corrected chi connectivity index (χ0v) is 21.2. The fourth-order valence-electron chi connectivity index (χ4n) is 4.72. The third-order valence-electron chi connectivity index (χ3n) is 6.61. The number of aryl methyl sites for hydroxylation is 1. The summed E-state index contributed by atoms with van der Waals surface area (Å²) in [7, 11) is 0. The summed E-state index contributed by atoms with van der Waals surface area (Å²) in [6, 6.07) is 17.4. The van der Waals surface area contributed by atoms with E-state index in [2.05, 4.69) is 43.5 Å². The number of fused-ring (bicyclic) bond motifs is 1. The molecular formula is C27H27BrN4O3. The fourth-order valence-corrected chi connectivity index (χ4v) is 4.98. The molecule has 2 aromatic carbocycles. The lowest BCUT2D eigenvalue weighted by molar-refractivity contribution is 0.0711. The zero-order valence-electron chi connectivity index (χ0n) is 19.6. The van der Waals surface area contributed by atoms with Gasteiger partial charge < -0.3 is 14.2 Å². The highest BCUT2D eigenvalue weighted by Gasteiger charge is 2.31. The molecule has 1 saturated heterocycles. The maximum absolute atomic E-state index is 13.4. The van der Waals surface area contributed by atoms with Crippen LogP contribution in [-0.4, -0.2) is 48.6 Å². The first kappa shape index (κ1) is 23.4. The summed E-state index contributed by atoms with van der Waals surface area (Å²) in [6.45, 7) is 4.76. The van der Waals surface area contributed by atoms with Crippen LogP contribution in [0.25, 0.3) is 0 Å². The standard InChI is InChI=1S/C27H27BrN4O3/c1-18-24-22(29-30-26(33)19-10-12-20(28)13-11-19)8-5-9-23(24)35-25(18)27(34)32-16-14-31(15-17-32)21-6-3-2-4-7-21/h2-4,6-7,10-13H,5,8-9,14-17H2,1H3,(H,30,33)/b29-22+. The van der Waals surface area contributed by atoms with Crippen molar-refractivity contribution in [1.82, 2.24) is 10.3 Å². The molecule has 1 fully saturated rings. The van der Waals surface area contributed by atoms with Crippen molar-refractivity contribution in [3.63, 3.8) is 0 Å². The Morgan fingerprint density at radius 2 is 1.69 bits per heavy atom. The second-order valence-electron chi connectivity index (χ2n) is 8.83. The van der Waals surface area contributed by atoms with Gasteiger partial charge in [0.15, 0.2) is 5.76 Å². The van der Waals surface area contributed by atoms with Gasteiger partial charge in [-0.3, -0.25) is 9.59 Å². The zero-order chi connectivity index (χ0) is 24.4. The van der Waals surface area contributed by atoms with E-state index < -0.39 is 0 Å². The molecule has 0 atom stereocenters. The number of piperazine rings is 1. The molecule has 1 N–H and O–H groups in total. The molecule has 0 saturated carbocycles. The number of benzene rings is 2. The van der Waals surface area contributed by atoms with Crippen molar-refractivity contribution in [3.05, 3.63) is 87.3 Å². The fraction of sp³-hybridized carbons (Fsp3) is 0.296. The van der Waals surface area contributed by atoms with E-state index in [-0.39, 0.29) is 11.8 Å². The predicted octanol–water partition coefficient (Wildman–Crippen LogP) is 4.78. The molecule has 3 aromatic rings. The first-order chi connectivity index (χ1) is 17.0. The quantitative estimate of drug-likeness (QED) is 0.488. The lowest BCUT2D eigenvalue weighted by atomic mass is 9.93. The number of rotatable bonds is 4. The van der Waals surface area contributed by atoms with Crippen LogP contribution in [0.15, 0.2) is 68.6 Å². The summed E-state index contributed by atoms with van der Waals surface area (Å²) in [6.07, 6.45) is 2.33. The second-order valence-corrected chi connectivity index (χ2v) is 9.74. The SMILES string of the molecule is Cc1c(C(=O)N2CCN(c3ccccc3)CC2)oc2c1/C(=N/NC(=O)c1ccc(Br)cc1)CCC2. The number of carbonyl (C=O) groups excluding carboxylic acids is 2. The van der Waals surface area contributed by atoms with Crippen molar-refractivity contribution in [2.75, 3.05) is 31.1 Å². The van der Waals surface area contributed by atoms with Gasteiger partial charge in [0.25, 0.3) is 11.8 Å². The number of nitrogens with one attached hydrogen (secondary N) is 1. The Kier molecular flexibility index (Phi) is 6.72. The number of hydrogen-bond donors (Lipinski definition) is 1. The van der Waals surface area contributed by atoms with Crippen LogP contribution in [0.5, 0.6) is 0 Å². The van der Waals surface area contributed by atoms with Crippen LogP contribution in [0, 0.1) is 6.92 Å². The molecule has 5 rings (SSSR count). The number of hydrogen-bond acceptors (Lipinski definition) is 5. The van der Waals surface area contributed by atoms with Crippen LogP contribution < -0.4 is 10.3 Å². The highest BCUT2D eigenvalue weighted by atomic mass is 79.9. The molecule has 1 aliphatic heterocycles. The van der Waals surface area contributed by atoms with Crippen LogP contribution in [0.3, 0.4) is 0 Å². The van der Waals surface area contributed by atoms with Crippen LogP contribution in [0.1, 0.15) is 50.6 Å². The topological polar surface area (TPSA) is 78.2 Å². The molecule has 180 valence electrons. The highest BCUT2D eigenvalue weighted by Crippen LogP contribution is 2.31. The number of hydrazone groups is 1. The predicted molar refractivity (Wildman–Crippen MR) is 139 cm³/mol. The van der Waals surface area contributed by atoms with Gasteiger partial charge in [0.2, 0.25) is 0 Å². The molecule has 7 nitrogen and oxygen atoms in total. The van der Waals surface area contributed by atoms with E-state index in [1.165, 1.54) is 5.69 Å². The number of para-hydroxylation sites is 1. The van der Waals surface area contributed by atoms with Gasteiger partial charge in [-0.25, -0.2) is 5.43 Å². The third-order valence-corrected chi connectivity index (χ3v) is 7.14. The van der Waals surface area contributed by atoms with Crippen molar-refractivity contribution in [1.29, 1.82) is 0 Å².